The Kier molecular flexibility index (Phi) is 2.63. The minimum atomic E-state index is -0.232. The number of aromatic nitrogens is 1. The second-order valence-corrected chi connectivity index (χ2v) is 3.54. The topological polar surface area (TPSA) is 65.8 Å². The van der Waals surface area contributed by atoms with E-state index in [-0.39, 0.29) is 11.6 Å². The fraction of sp³-hybridized carbons (Fsp3) is 0.167. The number of nitriles is 1. The number of carbonyl (C=O) groups excluding carboxylic acids is 1. The van der Waals surface area contributed by atoms with Gasteiger partial charge in [-0.25, -0.2) is 4.98 Å². The Morgan fingerprint density at radius 3 is 2.92 bits per heavy atom. The Morgan fingerprint density at radius 1 is 1.83 bits per heavy atom. The Morgan fingerprint density at radius 2 is 2.50 bits per heavy atom. The Bertz CT molecular complexity index is 354. The SMILES string of the molecule is CC(=O)Nc1nc(C#N)c(Cl)s1. The molecule has 0 spiro atoms. The number of anilines is 1. The molecule has 1 heterocycles. The zero-order valence-corrected chi connectivity index (χ0v) is 7.66. The van der Waals surface area contributed by atoms with E-state index in [4.69, 9.17) is 16.9 Å². The van der Waals surface area contributed by atoms with Gasteiger partial charge in [0.15, 0.2) is 10.8 Å². The standard InChI is InChI=1S/C6H4ClN3OS/c1-3(11)9-6-10-4(2-8)5(7)12-6/h1H3,(H,9,10,11). The van der Waals surface area contributed by atoms with E-state index in [2.05, 4.69) is 10.3 Å². The summed E-state index contributed by atoms with van der Waals surface area (Å²) in [6.07, 6.45) is 0. The number of thiazole rings is 1. The zero-order chi connectivity index (χ0) is 9.14. The second-order valence-electron chi connectivity index (χ2n) is 1.93. The molecule has 12 heavy (non-hydrogen) atoms. The lowest BCUT2D eigenvalue weighted by molar-refractivity contribution is -0.114. The predicted octanol–water partition coefficient (Wildman–Crippen LogP) is 1.63. The molecule has 1 N–H and O–H groups in total. The van der Waals surface area contributed by atoms with Gasteiger partial charge < -0.3 is 5.32 Å². The average Bonchev–Trinajstić information content (AvgIpc) is 2.29. The summed E-state index contributed by atoms with van der Waals surface area (Å²) in [6.45, 7) is 1.36. The van der Waals surface area contributed by atoms with Gasteiger partial charge in [-0.2, -0.15) is 5.26 Å². The number of amides is 1. The molecule has 0 saturated heterocycles. The highest BCUT2D eigenvalue weighted by Crippen LogP contribution is 2.26. The lowest BCUT2D eigenvalue weighted by Gasteiger charge is -1.91. The van der Waals surface area contributed by atoms with Gasteiger partial charge in [-0.3, -0.25) is 4.79 Å². The number of nitrogens with one attached hydrogen (secondary N) is 1. The van der Waals surface area contributed by atoms with Crippen LogP contribution >= 0.6 is 22.9 Å². The van der Waals surface area contributed by atoms with Crippen molar-refractivity contribution >= 4 is 34.0 Å². The molecule has 62 valence electrons. The summed E-state index contributed by atoms with van der Waals surface area (Å²) >= 11 is 6.68. The van der Waals surface area contributed by atoms with Crippen molar-refractivity contribution in [3.05, 3.63) is 10.0 Å². The number of hydrogen-bond donors (Lipinski definition) is 1. The maximum Gasteiger partial charge on any atom is 0.223 e. The fourth-order valence-corrected chi connectivity index (χ4v) is 1.57. The third-order valence-electron chi connectivity index (χ3n) is 0.975. The molecule has 1 amide bonds. The molecule has 0 saturated carbocycles. The maximum atomic E-state index is 10.6. The van der Waals surface area contributed by atoms with Crippen LogP contribution in [0.4, 0.5) is 5.13 Å². The highest BCUT2D eigenvalue weighted by Gasteiger charge is 2.08. The van der Waals surface area contributed by atoms with Gasteiger partial charge in [0.05, 0.1) is 0 Å². The lowest BCUT2D eigenvalue weighted by Crippen LogP contribution is -2.04. The van der Waals surface area contributed by atoms with E-state index in [1.807, 2.05) is 0 Å². The van der Waals surface area contributed by atoms with Gasteiger partial charge in [0.2, 0.25) is 5.91 Å². The van der Waals surface area contributed by atoms with Crippen LogP contribution in [0.1, 0.15) is 12.6 Å². The van der Waals surface area contributed by atoms with Gasteiger partial charge >= 0.3 is 0 Å². The first-order valence-corrected chi connectivity index (χ1v) is 4.17. The Balaban J connectivity index is 2.91. The van der Waals surface area contributed by atoms with Crippen molar-refractivity contribution in [3.8, 4) is 6.07 Å². The molecule has 0 aromatic carbocycles. The quantitative estimate of drug-likeness (QED) is 0.751. The third kappa shape index (κ3) is 1.94. The van der Waals surface area contributed by atoms with E-state index < -0.39 is 0 Å². The molecule has 0 radical (unpaired) electrons. The van der Waals surface area contributed by atoms with Crippen molar-refractivity contribution in [1.82, 2.24) is 4.98 Å². The van der Waals surface area contributed by atoms with E-state index in [1.54, 1.807) is 6.07 Å². The van der Waals surface area contributed by atoms with Crippen LogP contribution in [0.3, 0.4) is 0 Å². The van der Waals surface area contributed by atoms with Gasteiger partial charge in [-0.15, -0.1) is 0 Å². The van der Waals surface area contributed by atoms with E-state index in [1.165, 1.54) is 6.92 Å². The Hall–Kier alpha value is -1.12. The predicted molar refractivity (Wildman–Crippen MR) is 46.1 cm³/mol. The van der Waals surface area contributed by atoms with Gasteiger partial charge in [0, 0.05) is 6.92 Å². The smallest absolute Gasteiger partial charge is 0.223 e. The van der Waals surface area contributed by atoms with Crippen molar-refractivity contribution in [2.45, 2.75) is 6.92 Å². The maximum absolute atomic E-state index is 10.6. The van der Waals surface area contributed by atoms with Crippen LogP contribution < -0.4 is 5.32 Å². The van der Waals surface area contributed by atoms with Crippen molar-refractivity contribution in [1.29, 1.82) is 5.26 Å². The minimum Gasteiger partial charge on any atom is -0.302 e. The molecule has 0 bridgehead atoms. The Labute approximate surface area is 77.8 Å². The van der Waals surface area contributed by atoms with Gasteiger partial charge in [0.1, 0.15) is 10.4 Å². The van der Waals surface area contributed by atoms with Crippen LogP contribution in [-0.4, -0.2) is 10.9 Å². The summed E-state index contributed by atoms with van der Waals surface area (Å²) in [4.78, 5) is 14.3. The van der Waals surface area contributed by atoms with Crippen LogP contribution in [0.2, 0.25) is 4.34 Å². The molecule has 1 aromatic heterocycles. The number of nitrogens with zero attached hydrogens (tertiary/aromatic N) is 2. The summed E-state index contributed by atoms with van der Waals surface area (Å²) in [5.74, 6) is -0.232. The molecule has 0 aliphatic rings. The molecule has 0 unspecified atom stereocenters. The number of carbonyl (C=O) groups is 1. The molecule has 0 fully saturated rings. The third-order valence-corrected chi connectivity index (χ3v) is 2.14. The van der Waals surface area contributed by atoms with Crippen molar-refractivity contribution in [2.75, 3.05) is 5.32 Å². The molecule has 0 aliphatic carbocycles. The van der Waals surface area contributed by atoms with E-state index in [0.29, 0.717) is 9.47 Å². The monoisotopic (exact) mass is 201 g/mol. The van der Waals surface area contributed by atoms with E-state index in [9.17, 15) is 4.79 Å². The van der Waals surface area contributed by atoms with E-state index in [0.717, 1.165) is 11.3 Å². The largest absolute Gasteiger partial charge is 0.302 e. The molecule has 0 aliphatic heterocycles. The molecular formula is C6H4ClN3OS. The van der Waals surface area contributed by atoms with Crippen LogP contribution in [0.5, 0.6) is 0 Å². The van der Waals surface area contributed by atoms with Crippen molar-refractivity contribution in [3.63, 3.8) is 0 Å². The van der Waals surface area contributed by atoms with Crippen LogP contribution in [-0.2, 0) is 4.79 Å². The van der Waals surface area contributed by atoms with Gasteiger partial charge in [-0.1, -0.05) is 22.9 Å². The summed E-state index contributed by atoms with van der Waals surface area (Å²) in [5, 5.41) is 11.2. The summed E-state index contributed by atoms with van der Waals surface area (Å²) in [6, 6.07) is 1.80. The first-order valence-electron chi connectivity index (χ1n) is 2.97. The molecule has 1 aromatic rings. The van der Waals surface area contributed by atoms with Crippen molar-refractivity contribution in [2.24, 2.45) is 0 Å². The molecule has 6 heteroatoms. The summed E-state index contributed by atoms with van der Waals surface area (Å²) < 4.78 is 0.293. The molecule has 0 atom stereocenters. The van der Waals surface area contributed by atoms with Gasteiger partial charge in [-0.05, 0) is 0 Å². The van der Waals surface area contributed by atoms with Crippen LogP contribution in [0.25, 0.3) is 0 Å². The normalized spacial score (nSPS) is 9.08. The average molecular weight is 202 g/mol. The van der Waals surface area contributed by atoms with E-state index >= 15 is 0 Å². The highest BCUT2D eigenvalue weighted by molar-refractivity contribution is 7.19. The molecule has 4 nitrogen and oxygen atoms in total. The zero-order valence-electron chi connectivity index (χ0n) is 6.09. The number of rotatable bonds is 1. The first-order chi connectivity index (χ1) is 5.63. The summed E-state index contributed by atoms with van der Waals surface area (Å²) in [7, 11) is 0. The van der Waals surface area contributed by atoms with Gasteiger partial charge in [0.25, 0.3) is 0 Å². The van der Waals surface area contributed by atoms with Crippen LogP contribution in [0, 0.1) is 11.3 Å². The lowest BCUT2D eigenvalue weighted by atomic mass is 10.6. The van der Waals surface area contributed by atoms with Crippen molar-refractivity contribution < 1.29 is 4.79 Å². The fourth-order valence-electron chi connectivity index (χ4n) is 0.575. The molecule has 1 rings (SSSR count). The highest BCUT2D eigenvalue weighted by atomic mass is 35.5. The molecular weight excluding hydrogens is 198 g/mol. The number of hydrogen-bond acceptors (Lipinski definition) is 4. The summed E-state index contributed by atoms with van der Waals surface area (Å²) in [5.41, 5.74) is 0.144. The first kappa shape index (κ1) is 8.97. The number of halogens is 1. The minimum absolute atomic E-state index is 0.144. The second kappa shape index (κ2) is 3.52. The van der Waals surface area contributed by atoms with Crippen LogP contribution in [0.15, 0.2) is 0 Å².